The van der Waals surface area contributed by atoms with Crippen LogP contribution in [0.15, 0.2) is 42.5 Å². The average molecular weight is 414 g/mol. The van der Waals surface area contributed by atoms with Crippen molar-refractivity contribution >= 4 is 32.6 Å². The molecule has 1 aromatic heterocycles. The van der Waals surface area contributed by atoms with E-state index in [1.54, 1.807) is 4.90 Å². The van der Waals surface area contributed by atoms with Crippen molar-refractivity contribution < 1.29 is 13.9 Å². The number of hydrogen-bond acceptors (Lipinski definition) is 5. The van der Waals surface area contributed by atoms with Gasteiger partial charge in [0.05, 0.1) is 23.4 Å². The number of fused-ring (bicyclic) bond motifs is 1. The monoisotopic (exact) mass is 413 g/mol. The molecule has 1 amide bonds. The van der Waals surface area contributed by atoms with E-state index in [1.807, 2.05) is 6.07 Å². The van der Waals surface area contributed by atoms with Gasteiger partial charge < -0.3 is 4.74 Å². The van der Waals surface area contributed by atoms with E-state index in [0.717, 1.165) is 36.3 Å². The summed E-state index contributed by atoms with van der Waals surface area (Å²) in [5.74, 6) is -0.512. The molecule has 1 saturated heterocycles. The minimum absolute atomic E-state index is 0.159. The Labute approximate surface area is 173 Å². The minimum atomic E-state index is -0.353. The summed E-state index contributed by atoms with van der Waals surface area (Å²) < 4.78 is 19.8. The Morgan fingerprint density at radius 3 is 2.69 bits per heavy atom. The molecule has 3 aromatic rings. The Hall–Kier alpha value is -2.35. The Morgan fingerprint density at radius 2 is 1.97 bits per heavy atom. The Kier molecular flexibility index (Phi) is 6.18. The smallest absolute Gasteiger partial charge is 0.260 e. The van der Waals surface area contributed by atoms with Gasteiger partial charge in [-0.15, -0.1) is 0 Å². The third-order valence-electron chi connectivity index (χ3n) is 5.16. The number of ether oxygens (including phenoxy) is 1. The number of halogens is 1. The van der Waals surface area contributed by atoms with E-state index in [0.29, 0.717) is 30.5 Å². The molecule has 0 atom stereocenters. The van der Waals surface area contributed by atoms with Crippen LogP contribution in [0.5, 0.6) is 0 Å². The average Bonchev–Trinajstić information content (AvgIpc) is 3.17. The minimum Gasteiger partial charge on any atom is -0.379 e. The van der Waals surface area contributed by atoms with Crippen molar-refractivity contribution in [1.29, 1.82) is 0 Å². The van der Waals surface area contributed by atoms with Crippen molar-refractivity contribution in [2.45, 2.75) is 13.3 Å². The lowest BCUT2D eigenvalue weighted by Crippen LogP contribution is -2.43. The molecule has 2 heterocycles. The predicted molar refractivity (Wildman–Crippen MR) is 114 cm³/mol. The third-order valence-corrected chi connectivity index (χ3v) is 6.20. The summed E-state index contributed by atoms with van der Waals surface area (Å²) in [5.41, 5.74) is 2.60. The van der Waals surface area contributed by atoms with E-state index in [-0.39, 0.29) is 11.7 Å². The predicted octanol–water partition coefficient (Wildman–Crippen LogP) is 3.98. The topological polar surface area (TPSA) is 45.7 Å². The molecule has 7 heteroatoms. The van der Waals surface area contributed by atoms with Crippen LogP contribution in [0.4, 0.5) is 9.52 Å². The van der Waals surface area contributed by atoms with Gasteiger partial charge in [-0.3, -0.25) is 14.6 Å². The number of amides is 1. The van der Waals surface area contributed by atoms with Gasteiger partial charge in [-0.05, 0) is 48.4 Å². The molecule has 0 N–H and O–H groups in total. The first-order valence-corrected chi connectivity index (χ1v) is 10.7. The van der Waals surface area contributed by atoms with E-state index in [4.69, 9.17) is 9.72 Å². The zero-order valence-electron chi connectivity index (χ0n) is 16.4. The molecule has 1 aliphatic heterocycles. The van der Waals surface area contributed by atoms with Gasteiger partial charge in [0.15, 0.2) is 5.13 Å². The summed E-state index contributed by atoms with van der Waals surface area (Å²) in [6.07, 6.45) is 0.957. The maximum Gasteiger partial charge on any atom is 0.260 e. The lowest BCUT2D eigenvalue weighted by Gasteiger charge is -2.29. The number of thiazole rings is 1. The van der Waals surface area contributed by atoms with Crippen LogP contribution in [0.3, 0.4) is 0 Å². The van der Waals surface area contributed by atoms with Crippen LogP contribution < -0.4 is 4.90 Å². The van der Waals surface area contributed by atoms with Gasteiger partial charge in [-0.25, -0.2) is 9.37 Å². The second-order valence-electron chi connectivity index (χ2n) is 7.07. The number of carbonyl (C=O) groups is 1. The molecule has 0 saturated carbocycles. The standard InChI is InChI=1S/C22H24FN3O2S/c1-2-16-3-8-19-20(15-16)29-22(24-19)26(10-9-25-11-13-28-14-12-25)21(27)17-4-6-18(23)7-5-17/h3-8,15H,2,9-14H2,1H3. The number of hydrogen-bond donors (Lipinski definition) is 0. The van der Waals surface area contributed by atoms with Gasteiger partial charge in [-0.2, -0.15) is 0 Å². The van der Waals surface area contributed by atoms with E-state index >= 15 is 0 Å². The van der Waals surface area contributed by atoms with Crippen LogP contribution in [-0.4, -0.2) is 55.2 Å². The molecule has 4 rings (SSSR count). The quantitative estimate of drug-likeness (QED) is 0.613. The molecule has 5 nitrogen and oxygen atoms in total. The van der Waals surface area contributed by atoms with Crippen LogP contribution in [0, 0.1) is 5.82 Å². The zero-order valence-corrected chi connectivity index (χ0v) is 17.3. The molecular weight excluding hydrogens is 389 g/mol. The molecule has 0 bridgehead atoms. The molecule has 1 fully saturated rings. The van der Waals surface area contributed by atoms with Gasteiger partial charge in [0.1, 0.15) is 5.82 Å². The van der Waals surface area contributed by atoms with Gasteiger partial charge >= 0.3 is 0 Å². The molecule has 0 radical (unpaired) electrons. The number of morpholine rings is 1. The molecule has 29 heavy (non-hydrogen) atoms. The van der Waals surface area contributed by atoms with Gasteiger partial charge in [-0.1, -0.05) is 24.3 Å². The summed E-state index contributed by atoms with van der Waals surface area (Å²) in [6.45, 7) is 6.54. The Balaban J connectivity index is 1.63. The second-order valence-corrected chi connectivity index (χ2v) is 8.08. The molecule has 152 valence electrons. The normalized spacial score (nSPS) is 15.0. The first kappa shape index (κ1) is 19.9. The molecule has 0 spiro atoms. The first-order valence-electron chi connectivity index (χ1n) is 9.91. The lowest BCUT2D eigenvalue weighted by atomic mass is 10.2. The van der Waals surface area contributed by atoms with Crippen molar-refractivity contribution in [3.63, 3.8) is 0 Å². The SMILES string of the molecule is CCc1ccc2nc(N(CCN3CCOCC3)C(=O)c3ccc(F)cc3)sc2c1. The van der Waals surface area contributed by atoms with Crippen molar-refractivity contribution in [2.24, 2.45) is 0 Å². The summed E-state index contributed by atoms with van der Waals surface area (Å²) >= 11 is 1.52. The molecule has 0 aliphatic carbocycles. The highest BCUT2D eigenvalue weighted by molar-refractivity contribution is 7.22. The van der Waals surface area contributed by atoms with Gasteiger partial charge in [0, 0.05) is 31.7 Å². The highest BCUT2D eigenvalue weighted by atomic mass is 32.1. The van der Waals surface area contributed by atoms with Gasteiger partial charge in [0.25, 0.3) is 5.91 Å². The Morgan fingerprint density at radius 1 is 1.21 bits per heavy atom. The highest BCUT2D eigenvalue weighted by Crippen LogP contribution is 2.30. The molecular formula is C22H24FN3O2S. The largest absolute Gasteiger partial charge is 0.379 e. The number of aromatic nitrogens is 1. The van der Waals surface area contributed by atoms with Crippen LogP contribution in [-0.2, 0) is 11.2 Å². The third kappa shape index (κ3) is 4.63. The van der Waals surface area contributed by atoms with Crippen LogP contribution in [0.1, 0.15) is 22.8 Å². The van der Waals surface area contributed by atoms with Crippen LogP contribution in [0.25, 0.3) is 10.2 Å². The fourth-order valence-electron chi connectivity index (χ4n) is 3.39. The summed E-state index contributed by atoms with van der Waals surface area (Å²) in [7, 11) is 0. The fourth-order valence-corrected chi connectivity index (χ4v) is 4.44. The maximum atomic E-state index is 13.3. The van der Waals surface area contributed by atoms with Crippen LogP contribution >= 0.6 is 11.3 Å². The number of rotatable bonds is 6. The molecule has 0 unspecified atom stereocenters. The fraction of sp³-hybridized carbons (Fsp3) is 0.364. The highest BCUT2D eigenvalue weighted by Gasteiger charge is 2.23. The number of aryl methyl sites for hydroxylation is 1. The van der Waals surface area contributed by atoms with Crippen molar-refractivity contribution in [2.75, 3.05) is 44.3 Å². The molecule has 2 aromatic carbocycles. The zero-order chi connectivity index (χ0) is 20.2. The summed E-state index contributed by atoms with van der Waals surface area (Å²) in [6, 6.07) is 11.9. The van der Waals surface area contributed by atoms with E-state index < -0.39 is 0 Å². The number of benzene rings is 2. The van der Waals surface area contributed by atoms with Crippen molar-refractivity contribution in [1.82, 2.24) is 9.88 Å². The second kappa shape index (κ2) is 8.98. The Bertz CT molecular complexity index is 983. The summed E-state index contributed by atoms with van der Waals surface area (Å²) in [5, 5.41) is 0.677. The van der Waals surface area contributed by atoms with E-state index in [2.05, 4.69) is 24.0 Å². The lowest BCUT2D eigenvalue weighted by molar-refractivity contribution is 0.0391. The van der Waals surface area contributed by atoms with Gasteiger partial charge in [0.2, 0.25) is 0 Å². The first-order chi connectivity index (χ1) is 14.1. The maximum absolute atomic E-state index is 13.3. The number of nitrogens with zero attached hydrogens (tertiary/aromatic N) is 3. The van der Waals surface area contributed by atoms with Crippen LogP contribution in [0.2, 0.25) is 0 Å². The van der Waals surface area contributed by atoms with E-state index in [9.17, 15) is 9.18 Å². The number of anilines is 1. The van der Waals surface area contributed by atoms with Crippen molar-refractivity contribution in [3.8, 4) is 0 Å². The van der Waals surface area contributed by atoms with Crippen molar-refractivity contribution in [3.05, 3.63) is 59.4 Å². The summed E-state index contributed by atoms with van der Waals surface area (Å²) in [4.78, 5) is 22.0. The van der Waals surface area contributed by atoms with E-state index in [1.165, 1.54) is 41.2 Å². The molecule has 1 aliphatic rings. The number of carbonyl (C=O) groups excluding carboxylic acids is 1.